The third kappa shape index (κ3) is 3.67. The van der Waals surface area contributed by atoms with Gasteiger partial charge in [-0.2, -0.15) is 0 Å². The fourth-order valence-corrected chi connectivity index (χ4v) is 3.20. The number of nitrogens with zero attached hydrogens (tertiary/aromatic N) is 1. The van der Waals surface area contributed by atoms with Gasteiger partial charge in [-0.25, -0.2) is 0 Å². The van der Waals surface area contributed by atoms with Crippen molar-refractivity contribution in [3.8, 4) is 0 Å². The van der Waals surface area contributed by atoms with Gasteiger partial charge < -0.3 is 10.2 Å². The number of rotatable bonds is 3. The number of nitrogens with one attached hydrogen (secondary N) is 1. The predicted octanol–water partition coefficient (Wildman–Crippen LogP) is 3.94. The van der Waals surface area contributed by atoms with Crippen molar-refractivity contribution >= 4 is 57.4 Å². The van der Waals surface area contributed by atoms with Crippen molar-refractivity contribution in [1.29, 1.82) is 0 Å². The maximum absolute atomic E-state index is 12.4. The van der Waals surface area contributed by atoms with Crippen LogP contribution in [-0.4, -0.2) is 18.4 Å². The number of benzene rings is 2. The van der Waals surface area contributed by atoms with Gasteiger partial charge in [0.15, 0.2) is 0 Å². The fourth-order valence-electron chi connectivity index (χ4n) is 2.55. The average molecular weight is 441 g/mol. The van der Waals surface area contributed by atoms with Crippen molar-refractivity contribution in [1.82, 2.24) is 0 Å². The van der Waals surface area contributed by atoms with Gasteiger partial charge in [0.25, 0.3) is 0 Å². The van der Waals surface area contributed by atoms with Crippen molar-refractivity contribution in [3.05, 3.63) is 57.1 Å². The van der Waals surface area contributed by atoms with E-state index in [2.05, 4.69) is 27.9 Å². The second kappa shape index (κ2) is 6.88. The third-order valence-electron chi connectivity index (χ3n) is 3.77. The topological polar surface area (TPSA) is 49.4 Å². The summed E-state index contributed by atoms with van der Waals surface area (Å²) < 4.78 is 0.970. The van der Waals surface area contributed by atoms with Crippen LogP contribution in [0.4, 0.5) is 11.4 Å². The van der Waals surface area contributed by atoms with Gasteiger partial charge in [0.1, 0.15) is 0 Å². The van der Waals surface area contributed by atoms with E-state index in [1.807, 2.05) is 24.3 Å². The monoisotopic (exact) mass is 440 g/mol. The highest BCUT2D eigenvalue weighted by Gasteiger charge is 2.35. The van der Waals surface area contributed by atoms with Gasteiger partial charge in [-0.1, -0.05) is 23.7 Å². The summed E-state index contributed by atoms with van der Waals surface area (Å²) in [6.07, 6.45) is 0.220. The van der Waals surface area contributed by atoms with Crippen LogP contribution in [0.15, 0.2) is 48.5 Å². The molecule has 0 aromatic heterocycles. The Bertz CT molecular complexity index is 749. The summed E-state index contributed by atoms with van der Waals surface area (Å²) in [5, 5.41) is 3.53. The Morgan fingerprint density at radius 2 is 1.87 bits per heavy atom. The number of anilines is 2. The lowest BCUT2D eigenvalue weighted by Gasteiger charge is -2.17. The maximum atomic E-state index is 12.4. The Morgan fingerprint density at radius 3 is 2.57 bits per heavy atom. The minimum absolute atomic E-state index is 0.0461. The van der Waals surface area contributed by atoms with Crippen LogP contribution in [0.3, 0.4) is 0 Å². The molecule has 0 unspecified atom stereocenters. The van der Waals surface area contributed by atoms with E-state index in [0.717, 1.165) is 14.9 Å². The van der Waals surface area contributed by atoms with E-state index < -0.39 is 0 Å². The molecule has 0 bridgehead atoms. The molecule has 0 spiro atoms. The lowest BCUT2D eigenvalue weighted by atomic mass is 10.1. The lowest BCUT2D eigenvalue weighted by Crippen LogP contribution is -2.28. The first-order chi connectivity index (χ1) is 11.0. The summed E-state index contributed by atoms with van der Waals surface area (Å²) in [5.41, 5.74) is 1.54. The number of hydrogen-bond donors (Lipinski definition) is 1. The summed E-state index contributed by atoms with van der Waals surface area (Å²) in [4.78, 5) is 26.3. The van der Waals surface area contributed by atoms with Crippen molar-refractivity contribution in [2.75, 3.05) is 16.8 Å². The Balaban J connectivity index is 1.71. The van der Waals surface area contributed by atoms with Gasteiger partial charge >= 0.3 is 0 Å². The molecule has 1 atom stereocenters. The largest absolute Gasteiger partial charge is 0.325 e. The van der Waals surface area contributed by atoms with Crippen molar-refractivity contribution in [2.45, 2.75) is 6.42 Å². The molecule has 1 heterocycles. The first-order valence-electron chi connectivity index (χ1n) is 7.16. The van der Waals surface area contributed by atoms with Crippen LogP contribution in [0.25, 0.3) is 0 Å². The minimum atomic E-state index is -0.353. The van der Waals surface area contributed by atoms with Gasteiger partial charge in [0.05, 0.1) is 11.6 Å². The highest BCUT2D eigenvalue weighted by Crippen LogP contribution is 2.27. The molecule has 3 rings (SSSR count). The molecule has 1 fully saturated rings. The van der Waals surface area contributed by atoms with Gasteiger partial charge in [-0.15, -0.1) is 0 Å². The van der Waals surface area contributed by atoms with Crippen molar-refractivity contribution < 1.29 is 9.59 Å². The number of carbonyl (C=O) groups is 2. The molecule has 0 saturated carbocycles. The molecule has 2 amide bonds. The maximum Gasteiger partial charge on any atom is 0.229 e. The molecule has 6 heteroatoms. The standard InChI is InChI=1S/C17H14ClIN2O2/c18-12-5-7-13(8-6-12)21-10-11(9-16(21)22)17(23)20-15-4-2-1-3-14(15)19/h1-8,11H,9-10H2,(H,20,23)/t11-/m1/s1. The van der Waals surface area contributed by atoms with Crippen LogP contribution in [0.2, 0.25) is 5.02 Å². The molecule has 118 valence electrons. The molecular weight excluding hydrogens is 427 g/mol. The van der Waals surface area contributed by atoms with Crippen LogP contribution in [0, 0.1) is 9.49 Å². The Kier molecular flexibility index (Phi) is 4.87. The summed E-state index contributed by atoms with van der Waals surface area (Å²) in [7, 11) is 0. The summed E-state index contributed by atoms with van der Waals surface area (Å²) in [6.45, 7) is 0.385. The number of para-hydroxylation sites is 1. The van der Waals surface area contributed by atoms with Gasteiger partial charge in [-0.3, -0.25) is 9.59 Å². The van der Waals surface area contributed by atoms with Crippen molar-refractivity contribution in [3.63, 3.8) is 0 Å². The summed E-state index contributed by atoms with van der Waals surface area (Å²) in [6, 6.07) is 14.6. The molecule has 1 aliphatic heterocycles. The zero-order valence-corrected chi connectivity index (χ0v) is 15.0. The molecule has 1 N–H and O–H groups in total. The Labute approximate surface area is 153 Å². The molecule has 1 aliphatic rings. The number of carbonyl (C=O) groups excluding carboxylic acids is 2. The van der Waals surface area contributed by atoms with Crippen LogP contribution < -0.4 is 10.2 Å². The average Bonchev–Trinajstić information content (AvgIpc) is 2.92. The van der Waals surface area contributed by atoms with Crippen LogP contribution in [0.5, 0.6) is 0 Å². The number of halogens is 2. The predicted molar refractivity (Wildman–Crippen MR) is 99.7 cm³/mol. The Hall–Kier alpha value is -1.60. The molecule has 2 aromatic rings. The third-order valence-corrected chi connectivity index (χ3v) is 4.96. The Morgan fingerprint density at radius 1 is 1.17 bits per heavy atom. The van der Waals surface area contributed by atoms with E-state index in [9.17, 15) is 9.59 Å². The highest BCUT2D eigenvalue weighted by atomic mass is 127. The fraction of sp³-hybridized carbons (Fsp3) is 0.176. The minimum Gasteiger partial charge on any atom is -0.325 e. The second-order valence-electron chi connectivity index (χ2n) is 5.35. The molecule has 4 nitrogen and oxygen atoms in total. The zero-order valence-electron chi connectivity index (χ0n) is 12.1. The molecule has 2 aromatic carbocycles. The zero-order chi connectivity index (χ0) is 16.4. The van der Waals surface area contributed by atoms with E-state index in [4.69, 9.17) is 11.6 Å². The first kappa shape index (κ1) is 16.3. The lowest BCUT2D eigenvalue weighted by molar-refractivity contribution is -0.122. The number of hydrogen-bond acceptors (Lipinski definition) is 2. The van der Waals surface area contributed by atoms with Crippen LogP contribution in [0.1, 0.15) is 6.42 Å². The van der Waals surface area contributed by atoms with Crippen LogP contribution in [-0.2, 0) is 9.59 Å². The van der Waals surface area contributed by atoms with E-state index in [0.29, 0.717) is 11.6 Å². The van der Waals surface area contributed by atoms with Gasteiger partial charge in [0.2, 0.25) is 11.8 Å². The summed E-state index contributed by atoms with van der Waals surface area (Å²) >= 11 is 8.04. The SMILES string of the molecule is O=C(Nc1ccccc1I)[C@@H]1CC(=O)N(c2ccc(Cl)cc2)C1. The quantitative estimate of drug-likeness (QED) is 0.735. The van der Waals surface area contributed by atoms with E-state index in [-0.39, 0.29) is 24.2 Å². The first-order valence-corrected chi connectivity index (χ1v) is 8.61. The molecule has 23 heavy (non-hydrogen) atoms. The van der Waals surface area contributed by atoms with Gasteiger partial charge in [-0.05, 0) is 59.0 Å². The molecular formula is C17H14ClIN2O2. The van der Waals surface area contributed by atoms with Gasteiger partial charge in [0, 0.05) is 27.2 Å². The normalized spacial score (nSPS) is 17.4. The van der Waals surface area contributed by atoms with E-state index in [1.165, 1.54) is 0 Å². The number of amides is 2. The molecule has 1 saturated heterocycles. The van der Waals surface area contributed by atoms with Crippen LogP contribution >= 0.6 is 34.2 Å². The molecule has 0 aliphatic carbocycles. The second-order valence-corrected chi connectivity index (χ2v) is 6.95. The summed E-state index contributed by atoms with van der Waals surface area (Å²) in [5.74, 6) is -0.525. The van der Waals surface area contributed by atoms with E-state index in [1.54, 1.807) is 29.2 Å². The van der Waals surface area contributed by atoms with E-state index >= 15 is 0 Å². The van der Waals surface area contributed by atoms with Crippen molar-refractivity contribution in [2.24, 2.45) is 5.92 Å². The highest BCUT2D eigenvalue weighted by molar-refractivity contribution is 14.1. The molecule has 0 radical (unpaired) electrons. The smallest absolute Gasteiger partial charge is 0.229 e.